The van der Waals surface area contributed by atoms with E-state index in [1.807, 2.05) is 0 Å². The summed E-state index contributed by atoms with van der Waals surface area (Å²) in [5.41, 5.74) is -0.239. The van der Waals surface area contributed by atoms with E-state index in [-0.39, 0.29) is 5.69 Å². The molecule has 1 fully saturated rings. The number of aromatic amines is 1. The van der Waals surface area contributed by atoms with Gasteiger partial charge in [-0.2, -0.15) is 0 Å². The van der Waals surface area contributed by atoms with Gasteiger partial charge in [-0.05, 0) is 22.1 Å². The third-order valence-corrected chi connectivity index (χ3v) is 4.01. The molecule has 3 rings (SSSR count). The van der Waals surface area contributed by atoms with Crippen LogP contribution in [0.1, 0.15) is 10.5 Å². The minimum atomic E-state index is -0.723. The Morgan fingerprint density at radius 3 is 2.72 bits per heavy atom. The van der Waals surface area contributed by atoms with E-state index in [1.54, 1.807) is 31.4 Å². The normalized spacial score (nSPS) is 15.1. The molecule has 1 aliphatic rings. The van der Waals surface area contributed by atoms with Gasteiger partial charge >= 0.3 is 17.2 Å². The SMILES string of the molecule is COc1ccc(-[n+]2[nH]oc(=O)c2C(=O)NCCN2CCOCC2)cc1. The fourth-order valence-electron chi connectivity index (χ4n) is 2.62. The minimum Gasteiger partial charge on any atom is -0.497 e. The molecule has 1 saturated heterocycles. The van der Waals surface area contributed by atoms with Crippen LogP contribution >= 0.6 is 0 Å². The van der Waals surface area contributed by atoms with Crippen LogP contribution < -0.4 is 20.4 Å². The van der Waals surface area contributed by atoms with E-state index in [0.29, 0.717) is 37.7 Å². The first kappa shape index (κ1) is 17.2. The Labute approximate surface area is 144 Å². The van der Waals surface area contributed by atoms with E-state index in [4.69, 9.17) is 14.0 Å². The van der Waals surface area contributed by atoms with Gasteiger partial charge in [-0.1, -0.05) is 0 Å². The van der Waals surface area contributed by atoms with Crippen molar-refractivity contribution in [3.05, 3.63) is 40.4 Å². The van der Waals surface area contributed by atoms with Gasteiger partial charge < -0.3 is 14.8 Å². The van der Waals surface area contributed by atoms with Crippen molar-refractivity contribution in [2.75, 3.05) is 46.5 Å². The zero-order valence-corrected chi connectivity index (χ0v) is 14.0. The molecule has 0 atom stereocenters. The second kappa shape index (κ2) is 7.95. The number of nitrogens with zero attached hydrogens (tertiary/aromatic N) is 2. The van der Waals surface area contributed by atoms with Gasteiger partial charge in [0, 0.05) is 38.3 Å². The number of methoxy groups -OCH3 is 1. The van der Waals surface area contributed by atoms with Crippen molar-refractivity contribution in [3.8, 4) is 11.4 Å². The van der Waals surface area contributed by atoms with E-state index >= 15 is 0 Å². The van der Waals surface area contributed by atoms with Gasteiger partial charge in [-0.3, -0.25) is 14.2 Å². The summed E-state index contributed by atoms with van der Waals surface area (Å²) < 4.78 is 16.5. The molecule has 25 heavy (non-hydrogen) atoms. The molecule has 2 aromatic rings. The Morgan fingerprint density at radius 2 is 2.04 bits per heavy atom. The summed E-state index contributed by atoms with van der Waals surface area (Å²) in [6.45, 7) is 4.22. The number of H-pyrrole nitrogens is 1. The Hall–Kier alpha value is -2.65. The number of carbonyl (C=O) groups excluding carboxylic acids is 1. The average molecular weight is 349 g/mol. The summed E-state index contributed by atoms with van der Waals surface area (Å²) in [5.74, 6) is 0.186. The van der Waals surface area contributed by atoms with Gasteiger partial charge in [0.1, 0.15) is 5.75 Å². The third kappa shape index (κ3) is 4.06. The van der Waals surface area contributed by atoms with Gasteiger partial charge in [0.05, 0.1) is 20.3 Å². The molecule has 0 spiro atoms. The molecule has 9 heteroatoms. The largest absolute Gasteiger partial charge is 0.497 e. The molecule has 9 nitrogen and oxygen atoms in total. The molecular weight excluding hydrogens is 328 g/mol. The Bertz CT molecular complexity index is 762. The lowest BCUT2D eigenvalue weighted by atomic mass is 10.3. The summed E-state index contributed by atoms with van der Waals surface area (Å²) >= 11 is 0. The van der Waals surface area contributed by atoms with Crippen molar-refractivity contribution >= 4 is 5.91 Å². The van der Waals surface area contributed by atoms with Crippen molar-refractivity contribution in [3.63, 3.8) is 0 Å². The maximum atomic E-state index is 12.4. The minimum absolute atomic E-state index is 0.104. The molecule has 0 unspecified atom stereocenters. The smallest absolute Gasteiger partial charge is 0.441 e. The lowest BCUT2D eigenvalue weighted by Gasteiger charge is -2.26. The molecule has 1 aromatic carbocycles. The second-order valence-electron chi connectivity index (χ2n) is 5.57. The maximum Gasteiger partial charge on any atom is 0.441 e. The predicted molar refractivity (Wildman–Crippen MR) is 87.0 cm³/mol. The summed E-state index contributed by atoms with van der Waals surface area (Å²) in [6.07, 6.45) is 0. The van der Waals surface area contributed by atoms with Crippen LogP contribution in [0.25, 0.3) is 5.69 Å². The van der Waals surface area contributed by atoms with Crippen LogP contribution in [-0.2, 0) is 4.74 Å². The van der Waals surface area contributed by atoms with Gasteiger partial charge in [-0.15, -0.1) is 0 Å². The van der Waals surface area contributed by atoms with Crippen molar-refractivity contribution in [1.82, 2.24) is 15.5 Å². The average Bonchev–Trinajstić information content (AvgIpc) is 3.04. The van der Waals surface area contributed by atoms with Crippen molar-refractivity contribution in [2.24, 2.45) is 0 Å². The molecule has 1 amide bonds. The molecule has 0 bridgehead atoms. The van der Waals surface area contributed by atoms with Gasteiger partial charge in [0.2, 0.25) is 5.69 Å². The molecule has 1 aliphatic heterocycles. The van der Waals surface area contributed by atoms with Gasteiger partial charge in [0.25, 0.3) is 0 Å². The first-order chi connectivity index (χ1) is 12.2. The predicted octanol–water partition coefficient (Wildman–Crippen LogP) is -0.685. The van der Waals surface area contributed by atoms with Crippen LogP contribution in [0.15, 0.2) is 33.6 Å². The highest BCUT2D eigenvalue weighted by Gasteiger charge is 2.30. The maximum absolute atomic E-state index is 12.4. The summed E-state index contributed by atoms with van der Waals surface area (Å²) in [5, 5.41) is 5.21. The molecule has 2 N–H and O–H groups in total. The van der Waals surface area contributed by atoms with Crippen LogP contribution in [-0.4, -0.2) is 62.6 Å². The lowest BCUT2D eigenvalue weighted by molar-refractivity contribution is -0.672. The van der Waals surface area contributed by atoms with Crippen LogP contribution in [0.5, 0.6) is 5.75 Å². The first-order valence-corrected chi connectivity index (χ1v) is 8.05. The summed E-state index contributed by atoms with van der Waals surface area (Å²) in [4.78, 5) is 26.5. The monoisotopic (exact) mass is 349 g/mol. The Kier molecular flexibility index (Phi) is 5.46. The molecule has 0 radical (unpaired) electrons. The number of aromatic nitrogens is 2. The third-order valence-electron chi connectivity index (χ3n) is 4.01. The van der Waals surface area contributed by atoms with Gasteiger partial charge in [0.15, 0.2) is 0 Å². The highest BCUT2D eigenvalue weighted by Crippen LogP contribution is 2.10. The number of ether oxygens (including phenoxy) is 2. The molecular formula is C16H21N4O5+. The van der Waals surface area contributed by atoms with Crippen LogP contribution in [0.2, 0.25) is 0 Å². The highest BCUT2D eigenvalue weighted by atomic mass is 16.5. The lowest BCUT2D eigenvalue weighted by Crippen LogP contribution is -2.47. The van der Waals surface area contributed by atoms with E-state index < -0.39 is 11.5 Å². The standard InChI is InChI=1S/C16H20N4O5/c1-23-13-4-2-12(3-5-13)20-14(16(22)25-18-20)15(21)17-6-7-19-8-10-24-11-9-19/h2-5H,6-11H2,1H3,(H-,17,18,21,22)/p+1. The van der Waals surface area contributed by atoms with Crippen LogP contribution in [0, 0.1) is 0 Å². The topological polar surface area (TPSA) is 101 Å². The highest BCUT2D eigenvalue weighted by molar-refractivity contribution is 5.90. The number of benzene rings is 1. The Morgan fingerprint density at radius 1 is 1.32 bits per heavy atom. The van der Waals surface area contributed by atoms with Crippen molar-refractivity contribution in [1.29, 1.82) is 0 Å². The summed E-state index contributed by atoms with van der Waals surface area (Å²) in [6, 6.07) is 6.89. The van der Waals surface area contributed by atoms with E-state index in [1.165, 1.54) is 4.68 Å². The molecule has 2 heterocycles. The molecule has 134 valence electrons. The van der Waals surface area contributed by atoms with Crippen molar-refractivity contribution in [2.45, 2.75) is 0 Å². The fraction of sp³-hybridized carbons (Fsp3) is 0.438. The fourth-order valence-corrected chi connectivity index (χ4v) is 2.62. The van der Waals surface area contributed by atoms with Crippen molar-refractivity contribution < 1.29 is 23.5 Å². The summed E-state index contributed by atoms with van der Waals surface area (Å²) in [7, 11) is 1.56. The number of morpholine rings is 1. The molecule has 0 aliphatic carbocycles. The zero-order chi connectivity index (χ0) is 17.6. The number of rotatable bonds is 6. The quantitative estimate of drug-likeness (QED) is 0.670. The first-order valence-electron chi connectivity index (χ1n) is 8.05. The molecule has 0 saturated carbocycles. The number of hydrogen-bond acceptors (Lipinski definition) is 6. The van der Waals surface area contributed by atoms with E-state index in [9.17, 15) is 9.59 Å². The van der Waals surface area contributed by atoms with Crippen LogP contribution in [0.4, 0.5) is 0 Å². The van der Waals surface area contributed by atoms with Gasteiger partial charge in [-0.25, -0.2) is 4.79 Å². The van der Waals surface area contributed by atoms with E-state index in [2.05, 4.69) is 15.5 Å². The number of nitrogens with one attached hydrogen (secondary N) is 2. The van der Waals surface area contributed by atoms with Crippen LogP contribution in [0.3, 0.4) is 0 Å². The number of carbonyl (C=O) groups is 1. The molecule has 1 aromatic heterocycles. The van der Waals surface area contributed by atoms with E-state index in [0.717, 1.165) is 13.1 Å². The number of amides is 1. The second-order valence-corrected chi connectivity index (χ2v) is 5.57. The zero-order valence-electron chi connectivity index (χ0n) is 14.0. The number of hydrogen-bond donors (Lipinski definition) is 2. The Balaban J connectivity index is 1.67.